The zero-order valence-electron chi connectivity index (χ0n) is 10.8. The molecule has 0 unspecified atom stereocenters. The highest BCUT2D eigenvalue weighted by Gasteiger charge is 2.07. The molecule has 2 rings (SSSR count). The van der Waals surface area contributed by atoms with E-state index in [-0.39, 0.29) is 11.3 Å². The highest BCUT2D eigenvalue weighted by atomic mass is 79.9. The lowest BCUT2D eigenvalue weighted by atomic mass is 10.2. The van der Waals surface area contributed by atoms with Crippen molar-refractivity contribution in [3.8, 4) is 6.07 Å². The van der Waals surface area contributed by atoms with Gasteiger partial charge in [-0.05, 0) is 40.5 Å². The first-order valence-corrected chi connectivity index (χ1v) is 6.92. The van der Waals surface area contributed by atoms with E-state index in [0.717, 1.165) is 12.8 Å². The van der Waals surface area contributed by atoms with Gasteiger partial charge in [0.2, 0.25) is 0 Å². The van der Waals surface area contributed by atoms with E-state index < -0.39 is 5.82 Å². The van der Waals surface area contributed by atoms with Gasteiger partial charge in [0.1, 0.15) is 22.1 Å². The molecule has 0 spiro atoms. The fourth-order valence-electron chi connectivity index (χ4n) is 1.69. The molecule has 0 bridgehead atoms. The van der Waals surface area contributed by atoms with E-state index in [1.165, 1.54) is 12.1 Å². The van der Waals surface area contributed by atoms with Crippen molar-refractivity contribution in [2.45, 2.75) is 19.8 Å². The average molecular weight is 335 g/mol. The summed E-state index contributed by atoms with van der Waals surface area (Å²) in [6.45, 7) is 2.04. The summed E-state index contributed by atoms with van der Waals surface area (Å²) in [5.74, 6) is 0.716. The topological polar surface area (TPSA) is 61.6 Å². The van der Waals surface area contributed by atoms with E-state index in [1.54, 1.807) is 12.1 Å². The Bertz CT molecular complexity index is 667. The van der Waals surface area contributed by atoms with Crippen molar-refractivity contribution in [1.29, 1.82) is 5.26 Å². The van der Waals surface area contributed by atoms with Crippen molar-refractivity contribution in [3.05, 3.63) is 46.1 Å². The second-order valence-corrected chi connectivity index (χ2v) is 4.99. The molecule has 4 nitrogen and oxygen atoms in total. The van der Waals surface area contributed by atoms with Gasteiger partial charge in [0, 0.05) is 12.5 Å². The third-order valence-electron chi connectivity index (χ3n) is 2.58. The Kier molecular flexibility index (Phi) is 4.64. The molecule has 2 aromatic rings. The first kappa shape index (κ1) is 14.4. The van der Waals surface area contributed by atoms with Crippen LogP contribution in [-0.2, 0) is 6.42 Å². The normalized spacial score (nSPS) is 10.1. The maximum Gasteiger partial charge on any atom is 0.147 e. The number of nitrogens with one attached hydrogen (secondary N) is 1. The van der Waals surface area contributed by atoms with Gasteiger partial charge in [-0.15, -0.1) is 0 Å². The smallest absolute Gasteiger partial charge is 0.147 e. The lowest BCUT2D eigenvalue weighted by Crippen LogP contribution is -2.02. The van der Waals surface area contributed by atoms with Crippen LogP contribution in [0.2, 0.25) is 0 Å². The molecule has 6 heteroatoms. The molecule has 1 aromatic carbocycles. The van der Waals surface area contributed by atoms with Crippen LogP contribution in [0.25, 0.3) is 0 Å². The van der Waals surface area contributed by atoms with Gasteiger partial charge in [-0.2, -0.15) is 5.26 Å². The van der Waals surface area contributed by atoms with Gasteiger partial charge in [-0.25, -0.2) is 14.4 Å². The Morgan fingerprint density at radius 3 is 2.80 bits per heavy atom. The van der Waals surface area contributed by atoms with Gasteiger partial charge < -0.3 is 5.32 Å². The monoisotopic (exact) mass is 334 g/mol. The maximum absolute atomic E-state index is 13.8. The molecule has 0 atom stereocenters. The molecule has 0 amide bonds. The summed E-state index contributed by atoms with van der Waals surface area (Å²) < 4.78 is 14.4. The molecular weight excluding hydrogens is 323 g/mol. The summed E-state index contributed by atoms with van der Waals surface area (Å²) in [5, 5.41) is 11.6. The van der Waals surface area contributed by atoms with E-state index in [2.05, 4.69) is 31.2 Å². The highest BCUT2D eigenvalue weighted by molar-refractivity contribution is 9.10. The van der Waals surface area contributed by atoms with Gasteiger partial charge >= 0.3 is 0 Å². The van der Waals surface area contributed by atoms with Crippen LogP contribution in [0, 0.1) is 17.1 Å². The molecule has 0 fully saturated rings. The first-order valence-electron chi connectivity index (χ1n) is 6.12. The van der Waals surface area contributed by atoms with E-state index >= 15 is 0 Å². The number of hydrogen-bond acceptors (Lipinski definition) is 4. The summed E-state index contributed by atoms with van der Waals surface area (Å²) in [4.78, 5) is 8.56. The molecule has 20 heavy (non-hydrogen) atoms. The third kappa shape index (κ3) is 3.52. The van der Waals surface area contributed by atoms with Crippen molar-refractivity contribution in [1.82, 2.24) is 9.97 Å². The second-order valence-electron chi connectivity index (χ2n) is 4.17. The van der Waals surface area contributed by atoms with E-state index in [1.807, 2.05) is 13.0 Å². The van der Waals surface area contributed by atoms with Crippen LogP contribution in [0.15, 0.2) is 28.9 Å². The van der Waals surface area contributed by atoms with E-state index in [9.17, 15) is 4.39 Å². The van der Waals surface area contributed by atoms with Crippen LogP contribution >= 0.6 is 15.9 Å². The predicted octanol–water partition coefficient (Wildman–Crippen LogP) is 3.95. The minimum Gasteiger partial charge on any atom is -0.338 e. The van der Waals surface area contributed by atoms with Gasteiger partial charge in [0.05, 0.1) is 17.3 Å². The number of aromatic nitrogens is 2. The lowest BCUT2D eigenvalue weighted by Gasteiger charge is -2.08. The second kappa shape index (κ2) is 6.44. The van der Waals surface area contributed by atoms with Crippen LogP contribution in [0.3, 0.4) is 0 Å². The molecule has 0 radical (unpaired) electrons. The minimum atomic E-state index is -0.490. The fourth-order valence-corrected chi connectivity index (χ4v) is 2.11. The Hall–Kier alpha value is -2.00. The Morgan fingerprint density at radius 1 is 1.35 bits per heavy atom. The lowest BCUT2D eigenvalue weighted by molar-refractivity contribution is 0.631. The summed E-state index contributed by atoms with van der Waals surface area (Å²) in [5.41, 5.74) is 0.556. The van der Waals surface area contributed by atoms with Gasteiger partial charge in [0.15, 0.2) is 0 Å². The molecule has 102 valence electrons. The Balaban J connectivity index is 2.28. The molecule has 0 aliphatic rings. The Morgan fingerprint density at radius 2 is 2.15 bits per heavy atom. The predicted molar refractivity (Wildman–Crippen MR) is 78.1 cm³/mol. The molecule has 0 saturated carbocycles. The maximum atomic E-state index is 13.8. The van der Waals surface area contributed by atoms with Crippen molar-refractivity contribution in [2.75, 3.05) is 5.32 Å². The number of nitrogens with zero attached hydrogens (tertiary/aromatic N) is 3. The van der Waals surface area contributed by atoms with Gasteiger partial charge in [-0.1, -0.05) is 6.92 Å². The van der Waals surface area contributed by atoms with E-state index in [0.29, 0.717) is 16.2 Å². The summed E-state index contributed by atoms with van der Waals surface area (Å²) >= 11 is 3.31. The molecule has 0 aliphatic carbocycles. The number of hydrogen-bond donors (Lipinski definition) is 1. The number of aryl methyl sites for hydroxylation is 1. The Labute approximate surface area is 124 Å². The van der Waals surface area contributed by atoms with Gasteiger partial charge in [-0.3, -0.25) is 0 Å². The van der Waals surface area contributed by atoms with E-state index in [4.69, 9.17) is 5.26 Å². The minimum absolute atomic E-state index is 0.275. The molecule has 0 aliphatic heterocycles. The molecule has 1 heterocycles. The SMILES string of the molecule is CCCc1nc(Br)cc(Nc2ccc(C#N)cc2F)n1. The fraction of sp³-hybridized carbons (Fsp3) is 0.214. The highest BCUT2D eigenvalue weighted by Crippen LogP contribution is 2.21. The summed E-state index contributed by atoms with van der Waals surface area (Å²) in [6, 6.07) is 7.82. The largest absolute Gasteiger partial charge is 0.338 e. The number of anilines is 2. The van der Waals surface area contributed by atoms with Crippen LogP contribution in [-0.4, -0.2) is 9.97 Å². The first-order chi connectivity index (χ1) is 9.62. The van der Waals surface area contributed by atoms with Crippen LogP contribution in [0.5, 0.6) is 0 Å². The standard InChI is InChI=1S/C14H12BrFN4/c1-2-3-13-19-12(15)7-14(20-13)18-11-5-4-9(8-17)6-10(11)16/h4-7H,2-3H2,1H3,(H,18,19,20). The number of benzene rings is 1. The molecular formula is C14H12BrFN4. The quantitative estimate of drug-likeness (QED) is 0.860. The summed E-state index contributed by atoms with van der Waals surface area (Å²) in [7, 11) is 0. The molecule has 1 aromatic heterocycles. The number of rotatable bonds is 4. The number of halogens is 2. The zero-order chi connectivity index (χ0) is 14.5. The van der Waals surface area contributed by atoms with Crippen molar-refractivity contribution >= 4 is 27.4 Å². The zero-order valence-corrected chi connectivity index (χ0v) is 12.4. The molecule has 1 N–H and O–H groups in total. The number of nitriles is 1. The van der Waals surface area contributed by atoms with Crippen molar-refractivity contribution in [3.63, 3.8) is 0 Å². The van der Waals surface area contributed by atoms with Crippen LogP contribution < -0.4 is 5.32 Å². The average Bonchev–Trinajstić information content (AvgIpc) is 2.41. The van der Waals surface area contributed by atoms with Crippen molar-refractivity contribution < 1.29 is 4.39 Å². The summed E-state index contributed by atoms with van der Waals surface area (Å²) in [6.07, 6.45) is 1.69. The van der Waals surface area contributed by atoms with Crippen LogP contribution in [0.4, 0.5) is 15.9 Å². The van der Waals surface area contributed by atoms with Gasteiger partial charge in [0.25, 0.3) is 0 Å². The third-order valence-corrected chi connectivity index (χ3v) is 2.98. The van der Waals surface area contributed by atoms with Crippen molar-refractivity contribution in [2.24, 2.45) is 0 Å². The van der Waals surface area contributed by atoms with Crippen LogP contribution in [0.1, 0.15) is 24.7 Å². The molecule has 0 saturated heterocycles.